The van der Waals surface area contributed by atoms with Crippen molar-refractivity contribution in [3.05, 3.63) is 28.2 Å². The van der Waals surface area contributed by atoms with E-state index in [1.54, 1.807) is 6.07 Å². The summed E-state index contributed by atoms with van der Waals surface area (Å²) in [5, 5.41) is 11.9. The van der Waals surface area contributed by atoms with Gasteiger partial charge in [-0.1, -0.05) is 29.3 Å². The molecule has 1 amide bonds. The second-order valence-electron chi connectivity index (χ2n) is 5.09. The SMILES string of the molecule is Cl.O=C(O)NCC(CF)N1CCN(c2cccc(Cl)c2Cl)CC1. The lowest BCUT2D eigenvalue weighted by atomic mass is 10.2. The molecule has 0 aromatic heterocycles. The number of nitrogens with zero attached hydrogens (tertiary/aromatic N) is 2. The van der Waals surface area contributed by atoms with Crippen LogP contribution in [-0.4, -0.2) is 61.5 Å². The zero-order valence-corrected chi connectivity index (χ0v) is 14.7. The Kier molecular flexibility index (Phi) is 8.19. The third-order valence-corrected chi connectivity index (χ3v) is 4.58. The fraction of sp³-hybridized carbons (Fsp3) is 0.500. The van der Waals surface area contributed by atoms with Crippen LogP contribution in [0.3, 0.4) is 0 Å². The lowest BCUT2D eigenvalue weighted by Gasteiger charge is -2.39. The van der Waals surface area contributed by atoms with Crippen molar-refractivity contribution in [3.63, 3.8) is 0 Å². The minimum Gasteiger partial charge on any atom is -0.465 e. The number of piperazine rings is 1. The topological polar surface area (TPSA) is 55.8 Å². The summed E-state index contributed by atoms with van der Waals surface area (Å²) in [4.78, 5) is 14.6. The molecule has 0 saturated carbocycles. The average molecular weight is 387 g/mol. The van der Waals surface area contributed by atoms with Crippen LogP contribution in [0.5, 0.6) is 0 Å². The Labute approximate surface area is 150 Å². The molecule has 23 heavy (non-hydrogen) atoms. The first kappa shape index (κ1) is 20.1. The van der Waals surface area contributed by atoms with Crippen LogP contribution >= 0.6 is 35.6 Å². The molecular formula is C14H19Cl3FN3O2. The molecule has 1 fully saturated rings. The highest BCUT2D eigenvalue weighted by Crippen LogP contribution is 2.32. The van der Waals surface area contributed by atoms with E-state index in [0.29, 0.717) is 36.2 Å². The third kappa shape index (κ3) is 5.28. The standard InChI is InChI=1S/C14H18Cl2FN3O2.ClH/c15-11-2-1-3-12(13(11)16)20-6-4-19(5-7-20)10(8-17)9-18-14(21)22;/h1-3,10,18H,4-9H2,(H,21,22);1H. The van der Waals surface area contributed by atoms with Crippen molar-refractivity contribution in [1.82, 2.24) is 10.2 Å². The summed E-state index contributed by atoms with van der Waals surface area (Å²) in [6, 6.07) is 5.05. The van der Waals surface area contributed by atoms with Crippen molar-refractivity contribution >= 4 is 47.4 Å². The minimum absolute atomic E-state index is 0. The molecule has 2 rings (SSSR count). The first-order valence-electron chi connectivity index (χ1n) is 6.98. The van der Waals surface area contributed by atoms with Crippen molar-refractivity contribution < 1.29 is 14.3 Å². The van der Waals surface area contributed by atoms with E-state index in [0.717, 1.165) is 5.69 Å². The van der Waals surface area contributed by atoms with E-state index in [-0.39, 0.29) is 19.0 Å². The van der Waals surface area contributed by atoms with E-state index >= 15 is 0 Å². The number of hydrogen-bond donors (Lipinski definition) is 2. The van der Waals surface area contributed by atoms with E-state index < -0.39 is 18.8 Å². The van der Waals surface area contributed by atoms with Gasteiger partial charge >= 0.3 is 6.09 Å². The van der Waals surface area contributed by atoms with Gasteiger partial charge in [-0.2, -0.15) is 0 Å². The fourth-order valence-corrected chi connectivity index (χ4v) is 2.97. The molecule has 1 unspecified atom stereocenters. The molecule has 0 aliphatic carbocycles. The van der Waals surface area contributed by atoms with E-state index in [1.807, 2.05) is 17.0 Å². The van der Waals surface area contributed by atoms with Crippen LogP contribution in [0, 0.1) is 0 Å². The largest absolute Gasteiger partial charge is 0.465 e. The number of halogens is 4. The van der Waals surface area contributed by atoms with Crippen LogP contribution in [0.15, 0.2) is 18.2 Å². The van der Waals surface area contributed by atoms with Crippen molar-refractivity contribution in [3.8, 4) is 0 Å². The quantitative estimate of drug-likeness (QED) is 0.816. The van der Waals surface area contributed by atoms with Gasteiger partial charge in [-0.15, -0.1) is 12.4 Å². The maximum Gasteiger partial charge on any atom is 0.404 e. The van der Waals surface area contributed by atoms with Gasteiger partial charge in [-0.25, -0.2) is 9.18 Å². The van der Waals surface area contributed by atoms with Crippen LogP contribution in [0.2, 0.25) is 10.0 Å². The summed E-state index contributed by atoms with van der Waals surface area (Å²) in [6.45, 7) is 2.15. The average Bonchev–Trinajstić information content (AvgIpc) is 2.51. The lowest BCUT2D eigenvalue weighted by molar-refractivity contribution is 0.147. The second kappa shape index (κ2) is 9.37. The minimum atomic E-state index is -1.14. The molecule has 1 atom stereocenters. The van der Waals surface area contributed by atoms with Crippen molar-refractivity contribution in [2.45, 2.75) is 6.04 Å². The molecule has 0 spiro atoms. The van der Waals surface area contributed by atoms with Crippen LogP contribution in [0.25, 0.3) is 0 Å². The predicted octanol–water partition coefficient (Wildman–Crippen LogP) is 3.14. The Morgan fingerprint density at radius 1 is 1.30 bits per heavy atom. The van der Waals surface area contributed by atoms with Gasteiger partial charge in [0.05, 0.1) is 21.8 Å². The molecule has 2 N–H and O–H groups in total. The van der Waals surface area contributed by atoms with Gasteiger partial charge < -0.3 is 15.3 Å². The highest BCUT2D eigenvalue weighted by Gasteiger charge is 2.25. The fourth-order valence-electron chi connectivity index (χ4n) is 2.55. The Balaban J connectivity index is 0.00000264. The van der Waals surface area contributed by atoms with Gasteiger partial charge in [0.1, 0.15) is 6.67 Å². The van der Waals surface area contributed by atoms with Crippen LogP contribution in [0.1, 0.15) is 0 Å². The highest BCUT2D eigenvalue weighted by atomic mass is 35.5. The van der Waals surface area contributed by atoms with Gasteiger partial charge in [0, 0.05) is 32.7 Å². The number of rotatable bonds is 5. The van der Waals surface area contributed by atoms with Gasteiger partial charge in [0.2, 0.25) is 0 Å². The summed E-state index contributed by atoms with van der Waals surface area (Å²) < 4.78 is 13.1. The molecule has 1 heterocycles. The monoisotopic (exact) mass is 385 g/mol. The lowest BCUT2D eigenvalue weighted by Crippen LogP contribution is -2.54. The molecule has 0 radical (unpaired) electrons. The number of carboxylic acid groups (broad SMARTS) is 1. The zero-order valence-electron chi connectivity index (χ0n) is 12.3. The summed E-state index contributed by atoms with van der Waals surface area (Å²) in [5.74, 6) is 0. The van der Waals surface area contributed by atoms with Crippen LogP contribution in [0.4, 0.5) is 14.9 Å². The van der Waals surface area contributed by atoms with Gasteiger partial charge in [-0.3, -0.25) is 4.90 Å². The van der Waals surface area contributed by atoms with Crippen LogP contribution in [-0.2, 0) is 0 Å². The molecule has 1 aromatic carbocycles. The molecule has 1 aliphatic rings. The molecule has 1 aromatic rings. The van der Waals surface area contributed by atoms with Crippen LogP contribution < -0.4 is 10.2 Å². The number of hydrogen-bond acceptors (Lipinski definition) is 3. The Morgan fingerprint density at radius 3 is 2.52 bits per heavy atom. The molecule has 9 heteroatoms. The van der Waals surface area contributed by atoms with E-state index in [9.17, 15) is 9.18 Å². The maximum absolute atomic E-state index is 13.1. The number of carbonyl (C=O) groups is 1. The molecule has 1 saturated heterocycles. The van der Waals surface area contributed by atoms with Gasteiger partial charge in [-0.05, 0) is 12.1 Å². The number of nitrogens with one attached hydrogen (secondary N) is 1. The maximum atomic E-state index is 13.1. The van der Waals surface area contributed by atoms with Crippen molar-refractivity contribution in [2.24, 2.45) is 0 Å². The van der Waals surface area contributed by atoms with E-state index in [2.05, 4.69) is 10.2 Å². The summed E-state index contributed by atoms with van der Waals surface area (Å²) in [6.07, 6.45) is -1.14. The predicted molar refractivity (Wildman–Crippen MR) is 93.3 cm³/mol. The molecule has 1 aliphatic heterocycles. The second-order valence-corrected chi connectivity index (χ2v) is 5.88. The van der Waals surface area contributed by atoms with Crippen molar-refractivity contribution in [1.29, 1.82) is 0 Å². The highest BCUT2D eigenvalue weighted by molar-refractivity contribution is 6.43. The van der Waals surface area contributed by atoms with Crippen molar-refractivity contribution in [2.75, 3.05) is 44.3 Å². The summed E-state index contributed by atoms with van der Waals surface area (Å²) in [5.41, 5.74) is 0.870. The molecular weight excluding hydrogens is 368 g/mol. The number of anilines is 1. The summed E-state index contributed by atoms with van der Waals surface area (Å²) >= 11 is 12.2. The molecule has 130 valence electrons. The molecule has 0 bridgehead atoms. The Bertz CT molecular complexity index is 528. The van der Waals surface area contributed by atoms with Gasteiger partial charge in [0.15, 0.2) is 0 Å². The third-order valence-electron chi connectivity index (χ3n) is 3.77. The Morgan fingerprint density at radius 2 is 1.96 bits per heavy atom. The number of benzene rings is 1. The first-order chi connectivity index (χ1) is 10.5. The smallest absolute Gasteiger partial charge is 0.404 e. The number of amides is 1. The van der Waals surface area contributed by atoms with E-state index in [1.165, 1.54) is 0 Å². The summed E-state index contributed by atoms with van der Waals surface area (Å²) in [7, 11) is 0. The Hall–Kier alpha value is -0.950. The van der Waals surface area contributed by atoms with Gasteiger partial charge in [0.25, 0.3) is 0 Å². The normalized spacial score (nSPS) is 16.6. The first-order valence-corrected chi connectivity index (χ1v) is 7.74. The zero-order chi connectivity index (χ0) is 16.1. The van der Waals surface area contributed by atoms with E-state index in [4.69, 9.17) is 28.3 Å². The molecule has 5 nitrogen and oxygen atoms in total. The number of alkyl halides is 1.